The summed E-state index contributed by atoms with van der Waals surface area (Å²) in [6.45, 7) is 2.92. The van der Waals surface area contributed by atoms with Gasteiger partial charge in [-0.3, -0.25) is 4.79 Å². The van der Waals surface area contributed by atoms with E-state index >= 15 is 0 Å². The molecule has 1 aromatic rings. The monoisotopic (exact) mass is 280 g/mol. The second-order valence-electron chi connectivity index (χ2n) is 4.74. The van der Waals surface area contributed by atoms with Gasteiger partial charge in [0.2, 0.25) is 5.91 Å². The Bertz CT molecular complexity index is 370. The minimum absolute atomic E-state index is 0.0583. The summed E-state index contributed by atoms with van der Waals surface area (Å²) < 4.78 is 0. The van der Waals surface area contributed by atoms with E-state index in [2.05, 4.69) is 18.5 Å². The molecule has 3 nitrogen and oxygen atoms in total. The van der Waals surface area contributed by atoms with Crippen LogP contribution in [0, 0.1) is 0 Å². The number of hydrogen-bond acceptors (Lipinski definition) is 3. The molecule has 0 aliphatic rings. The highest BCUT2D eigenvalue weighted by Crippen LogP contribution is 2.15. The van der Waals surface area contributed by atoms with Gasteiger partial charge in [0.1, 0.15) is 0 Å². The van der Waals surface area contributed by atoms with E-state index in [1.54, 1.807) is 0 Å². The molecule has 0 radical (unpaired) electrons. The van der Waals surface area contributed by atoms with E-state index in [1.165, 1.54) is 0 Å². The van der Waals surface area contributed by atoms with Crippen molar-refractivity contribution in [2.45, 2.75) is 37.5 Å². The predicted molar refractivity (Wildman–Crippen MR) is 83.2 cm³/mol. The Kier molecular flexibility index (Phi) is 7.60. The molecule has 0 bridgehead atoms. The van der Waals surface area contributed by atoms with Crippen molar-refractivity contribution in [2.75, 3.05) is 12.8 Å². The second-order valence-corrected chi connectivity index (χ2v) is 6.02. The molecule has 1 amide bonds. The average molecular weight is 280 g/mol. The first-order valence-corrected chi connectivity index (χ1v) is 8.02. The minimum atomic E-state index is -0.0583. The van der Waals surface area contributed by atoms with Gasteiger partial charge in [0.25, 0.3) is 0 Å². The summed E-state index contributed by atoms with van der Waals surface area (Å²) in [6.07, 6.45) is 4.28. The van der Waals surface area contributed by atoms with E-state index in [-0.39, 0.29) is 11.9 Å². The van der Waals surface area contributed by atoms with Crippen LogP contribution in [0.15, 0.2) is 30.3 Å². The molecular formula is C15H24N2OS. The fourth-order valence-electron chi connectivity index (χ4n) is 1.77. The van der Waals surface area contributed by atoms with Crippen molar-refractivity contribution in [2.24, 2.45) is 5.73 Å². The number of carbonyl (C=O) groups excluding carboxylic acids is 1. The van der Waals surface area contributed by atoms with Crippen LogP contribution in [0.1, 0.15) is 37.8 Å². The molecule has 3 N–H and O–H groups in total. The number of amides is 1. The van der Waals surface area contributed by atoms with E-state index in [4.69, 9.17) is 5.73 Å². The van der Waals surface area contributed by atoms with Crippen LogP contribution in [0.2, 0.25) is 0 Å². The largest absolute Gasteiger partial charge is 0.356 e. The molecule has 0 heterocycles. The number of hydrogen-bond donors (Lipinski definition) is 2. The van der Waals surface area contributed by atoms with Crippen molar-refractivity contribution in [1.82, 2.24) is 5.32 Å². The maximum atomic E-state index is 11.7. The van der Waals surface area contributed by atoms with Crippen LogP contribution < -0.4 is 11.1 Å². The molecule has 1 rings (SSSR count). The van der Waals surface area contributed by atoms with Crippen molar-refractivity contribution in [3.05, 3.63) is 35.9 Å². The fraction of sp³-hybridized carbons (Fsp3) is 0.533. The summed E-state index contributed by atoms with van der Waals surface area (Å²) in [5, 5.41) is 3.54. The number of benzene rings is 1. The van der Waals surface area contributed by atoms with Gasteiger partial charge in [-0.15, -0.1) is 0 Å². The van der Waals surface area contributed by atoms with Crippen molar-refractivity contribution in [3.8, 4) is 0 Å². The highest BCUT2D eigenvalue weighted by Gasteiger charge is 2.09. The van der Waals surface area contributed by atoms with Crippen LogP contribution in [0.3, 0.4) is 0 Å². The third-order valence-electron chi connectivity index (χ3n) is 3.19. The number of rotatable bonds is 8. The smallest absolute Gasteiger partial charge is 0.220 e. The summed E-state index contributed by atoms with van der Waals surface area (Å²) >= 11 is 1.82. The van der Waals surface area contributed by atoms with Gasteiger partial charge in [-0.2, -0.15) is 11.8 Å². The molecule has 19 heavy (non-hydrogen) atoms. The van der Waals surface area contributed by atoms with E-state index in [0.29, 0.717) is 18.1 Å². The third kappa shape index (κ3) is 6.64. The summed E-state index contributed by atoms with van der Waals surface area (Å²) in [4.78, 5) is 11.7. The topological polar surface area (TPSA) is 55.1 Å². The minimum Gasteiger partial charge on any atom is -0.356 e. The Balaban J connectivity index is 2.20. The lowest BCUT2D eigenvalue weighted by Crippen LogP contribution is -2.26. The highest BCUT2D eigenvalue weighted by atomic mass is 32.2. The Morgan fingerprint density at radius 3 is 2.63 bits per heavy atom. The van der Waals surface area contributed by atoms with Crippen LogP contribution in [0.5, 0.6) is 0 Å². The van der Waals surface area contributed by atoms with Gasteiger partial charge in [-0.05, 0) is 24.7 Å². The van der Waals surface area contributed by atoms with Gasteiger partial charge >= 0.3 is 0 Å². The molecule has 0 saturated heterocycles. The molecule has 0 aliphatic carbocycles. The van der Waals surface area contributed by atoms with Crippen LogP contribution in [-0.4, -0.2) is 24.0 Å². The van der Waals surface area contributed by atoms with E-state index < -0.39 is 0 Å². The summed E-state index contributed by atoms with van der Waals surface area (Å²) in [5.41, 5.74) is 7.15. The van der Waals surface area contributed by atoms with Crippen molar-refractivity contribution >= 4 is 17.7 Å². The predicted octanol–water partition coefficient (Wildman–Crippen LogP) is 2.72. The zero-order chi connectivity index (χ0) is 14.1. The molecule has 4 heteroatoms. The first-order chi connectivity index (χ1) is 9.13. The van der Waals surface area contributed by atoms with Crippen molar-refractivity contribution in [1.29, 1.82) is 0 Å². The fourth-order valence-corrected chi connectivity index (χ4v) is 2.13. The molecule has 0 saturated carbocycles. The lowest BCUT2D eigenvalue weighted by Gasteiger charge is -2.12. The first kappa shape index (κ1) is 16.1. The lowest BCUT2D eigenvalue weighted by molar-refractivity contribution is -0.121. The zero-order valence-corrected chi connectivity index (χ0v) is 12.6. The van der Waals surface area contributed by atoms with E-state index in [1.807, 2.05) is 42.1 Å². The molecule has 2 unspecified atom stereocenters. The number of thioether (sulfide) groups is 1. The molecule has 0 aromatic heterocycles. The third-order valence-corrected chi connectivity index (χ3v) is 4.23. The van der Waals surface area contributed by atoms with E-state index in [0.717, 1.165) is 18.5 Å². The Morgan fingerprint density at radius 2 is 2.00 bits per heavy atom. The molecular weight excluding hydrogens is 256 g/mol. The van der Waals surface area contributed by atoms with Crippen LogP contribution >= 0.6 is 11.8 Å². The van der Waals surface area contributed by atoms with Crippen molar-refractivity contribution < 1.29 is 4.79 Å². The maximum absolute atomic E-state index is 11.7. The highest BCUT2D eigenvalue weighted by molar-refractivity contribution is 7.99. The van der Waals surface area contributed by atoms with Crippen LogP contribution in [0.25, 0.3) is 0 Å². The Morgan fingerprint density at radius 1 is 1.32 bits per heavy atom. The average Bonchev–Trinajstić information content (AvgIpc) is 2.45. The molecule has 0 fully saturated rings. The van der Waals surface area contributed by atoms with Crippen molar-refractivity contribution in [3.63, 3.8) is 0 Å². The number of carbonyl (C=O) groups is 1. The van der Waals surface area contributed by atoms with Gasteiger partial charge in [-0.1, -0.05) is 37.3 Å². The lowest BCUT2D eigenvalue weighted by atomic mass is 10.0. The Labute approximate surface area is 120 Å². The molecule has 1 aromatic carbocycles. The number of nitrogens with one attached hydrogen (secondary N) is 1. The van der Waals surface area contributed by atoms with Crippen LogP contribution in [0.4, 0.5) is 0 Å². The summed E-state index contributed by atoms with van der Waals surface area (Å²) in [6, 6.07) is 9.86. The van der Waals surface area contributed by atoms with Gasteiger partial charge in [-0.25, -0.2) is 0 Å². The number of nitrogens with two attached hydrogens (primary N) is 1. The quantitative estimate of drug-likeness (QED) is 0.770. The standard InChI is InChI=1S/C15H24N2OS/c1-12(19-2)10-11-17-15(18)9-8-14(16)13-6-4-3-5-7-13/h3-7,12,14H,8-11,16H2,1-2H3,(H,17,18). The SMILES string of the molecule is CSC(C)CCNC(=O)CCC(N)c1ccccc1. The maximum Gasteiger partial charge on any atom is 0.220 e. The van der Waals surface area contributed by atoms with E-state index in [9.17, 15) is 4.79 Å². The summed E-state index contributed by atoms with van der Waals surface area (Å²) in [7, 11) is 0. The summed E-state index contributed by atoms with van der Waals surface area (Å²) in [5.74, 6) is 0.0969. The van der Waals surface area contributed by atoms with Gasteiger partial charge in [0.15, 0.2) is 0 Å². The molecule has 0 spiro atoms. The molecule has 2 atom stereocenters. The van der Waals surface area contributed by atoms with Gasteiger partial charge in [0.05, 0.1) is 0 Å². The molecule has 106 valence electrons. The normalized spacial score (nSPS) is 13.8. The molecule has 0 aliphatic heterocycles. The van der Waals surface area contributed by atoms with Gasteiger partial charge < -0.3 is 11.1 Å². The first-order valence-electron chi connectivity index (χ1n) is 6.73. The zero-order valence-electron chi connectivity index (χ0n) is 11.8. The van der Waals surface area contributed by atoms with Crippen LogP contribution in [-0.2, 0) is 4.79 Å². The van der Waals surface area contributed by atoms with Gasteiger partial charge in [0, 0.05) is 24.3 Å². The Hall–Kier alpha value is -1.00. The second kappa shape index (κ2) is 8.99.